The molecule has 0 aromatic carbocycles. The number of rotatable bonds is 0. The molecule has 1 rings (SSSR count). The summed E-state index contributed by atoms with van der Waals surface area (Å²) in [5.74, 6) is -2.85. The highest BCUT2D eigenvalue weighted by Crippen LogP contribution is 2.32. The molecule has 0 N–H and O–H groups in total. The van der Waals surface area contributed by atoms with Gasteiger partial charge in [-0.1, -0.05) is 0 Å². The zero-order valence-corrected chi connectivity index (χ0v) is 5.86. The van der Waals surface area contributed by atoms with E-state index >= 15 is 0 Å². The van der Waals surface area contributed by atoms with Gasteiger partial charge in [0, 0.05) is 0 Å². The Bertz CT molecular complexity index is 287. The summed E-state index contributed by atoms with van der Waals surface area (Å²) in [7, 11) is 0. The average Bonchev–Trinajstić information content (AvgIpc) is 2.05. The van der Waals surface area contributed by atoms with E-state index in [1.807, 2.05) is 0 Å². The standard InChI is InChI=1S/C6H3F3O3/c1-2-3(6(7,8)9)5(11)12-4(2)10/h1H3. The van der Waals surface area contributed by atoms with Gasteiger partial charge in [0.05, 0.1) is 5.57 Å². The normalized spacial score (nSPS) is 18.7. The first-order chi connectivity index (χ1) is 5.34. The fourth-order valence-electron chi connectivity index (χ4n) is 0.795. The van der Waals surface area contributed by atoms with Gasteiger partial charge in [-0.05, 0) is 6.92 Å². The molecule has 1 aliphatic rings. The minimum Gasteiger partial charge on any atom is -0.386 e. The maximum atomic E-state index is 11.9. The van der Waals surface area contributed by atoms with E-state index in [1.54, 1.807) is 0 Å². The van der Waals surface area contributed by atoms with E-state index in [1.165, 1.54) is 0 Å². The van der Waals surface area contributed by atoms with E-state index in [2.05, 4.69) is 4.74 Å². The van der Waals surface area contributed by atoms with Gasteiger partial charge >= 0.3 is 18.1 Å². The van der Waals surface area contributed by atoms with Gasteiger partial charge in [0.25, 0.3) is 0 Å². The molecule has 12 heavy (non-hydrogen) atoms. The topological polar surface area (TPSA) is 43.4 Å². The number of alkyl halides is 3. The van der Waals surface area contributed by atoms with Gasteiger partial charge in [0.1, 0.15) is 0 Å². The van der Waals surface area contributed by atoms with E-state index in [0.717, 1.165) is 6.92 Å². The second-order valence-electron chi connectivity index (χ2n) is 2.17. The van der Waals surface area contributed by atoms with E-state index < -0.39 is 29.3 Å². The Kier molecular flexibility index (Phi) is 1.70. The predicted octanol–water partition coefficient (Wildman–Crippen LogP) is 0.949. The maximum absolute atomic E-state index is 11.9. The van der Waals surface area contributed by atoms with Crippen LogP contribution in [-0.4, -0.2) is 18.1 Å². The van der Waals surface area contributed by atoms with Gasteiger partial charge < -0.3 is 4.74 Å². The molecule has 6 heteroatoms. The molecule has 0 spiro atoms. The fourth-order valence-corrected chi connectivity index (χ4v) is 0.795. The summed E-state index contributed by atoms with van der Waals surface area (Å²) in [6.45, 7) is 0.899. The van der Waals surface area contributed by atoms with Crippen molar-refractivity contribution in [3.63, 3.8) is 0 Å². The predicted molar refractivity (Wildman–Crippen MR) is 29.9 cm³/mol. The zero-order chi connectivity index (χ0) is 9.52. The molecule has 3 nitrogen and oxygen atoms in total. The lowest BCUT2D eigenvalue weighted by Crippen LogP contribution is -2.18. The Balaban J connectivity index is 3.18. The highest BCUT2D eigenvalue weighted by molar-refractivity contribution is 6.12. The lowest BCUT2D eigenvalue weighted by Gasteiger charge is -2.03. The molecular weight excluding hydrogens is 177 g/mol. The van der Waals surface area contributed by atoms with Crippen LogP contribution in [0, 0.1) is 0 Å². The third-order valence-corrected chi connectivity index (χ3v) is 1.35. The van der Waals surface area contributed by atoms with Crippen molar-refractivity contribution >= 4 is 11.9 Å². The van der Waals surface area contributed by atoms with Gasteiger partial charge in [0.2, 0.25) is 0 Å². The number of esters is 2. The molecule has 0 bridgehead atoms. The zero-order valence-electron chi connectivity index (χ0n) is 5.86. The van der Waals surface area contributed by atoms with E-state index in [0.29, 0.717) is 0 Å². The Morgan fingerprint density at radius 1 is 1.17 bits per heavy atom. The van der Waals surface area contributed by atoms with Crippen molar-refractivity contribution in [1.82, 2.24) is 0 Å². The number of ether oxygens (including phenoxy) is 1. The van der Waals surface area contributed by atoms with Crippen LogP contribution in [0.15, 0.2) is 11.1 Å². The minimum absolute atomic E-state index is 0.687. The molecule has 0 amide bonds. The summed E-state index contributed by atoms with van der Waals surface area (Å²) in [6, 6.07) is 0. The number of carbonyl (C=O) groups excluding carboxylic acids is 2. The SMILES string of the molecule is CC1=C(C(F)(F)F)C(=O)OC1=O. The molecule has 0 saturated heterocycles. The molecule has 0 saturated carbocycles. The van der Waals surface area contributed by atoms with Crippen LogP contribution in [0.25, 0.3) is 0 Å². The first kappa shape index (κ1) is 8.76. The average molecular weight is 180 g/mol. The van der Waals surface area contributed by atoms with Crippen LogP contribution >= 0.6 is 0 Å². The molecular formula is C6H3F3O3. The molecule has 1 heterocycles. The third kappa shape index (κ3) is 1.19. The Morgan fingerprint density at radius 2 is 1.67 bits per heavy atom. The molecule has 0 radical (unpaired) electrons. The van der Waals surface area contributed by atoms with Crippen LogP contribution in [0.2, 0.25) is 0 Å². The number of hydrogen-bond donors (Lipinski definition) is 0. The summed E-state index contributed by atoms with van der Waals surface area (Å²) in [5.41, 5.74) is -2.19. The van der Waals surface area contributed by atoms with Gasteiger partial charge in [-0.15, -0.1) is 0 Å². The lowest BCUT2D eigenvalue weighted by atomic mass is 10.1. The quantitative estimate of drug-likeness (QED) is 0.411. The third-order valence-electron chi connectivity index (χ3n) is 1.35. The van der Waals surface area contributed by atoms with Gasteiger partial charge in [-0.3, -0.25) is 0 Å². The van der Waals surface area contributed by atoms with Crippen LogP contribution < -0.4 is 0 Å². The number of halogens is 3. The van der Waals surface area contributed by atoms with E-state index in [-0.39, 0.29) is 0 Å². The highest BCUT2D eigenvalue weighted by Gasteiger charge is 2.47. The minimum atomic E-state index is -4.81. The first-order valence-electron chi connectivity index (χ1n) is 2.88. The summed E-state index contributed by atoms with van der Waals surface area (Å²) in [6.07, 6.45) is -4.81. The van der Waals surface area contributed by atoms with Crippen LogP contribution in [0.1, 0.15) is 6.92 Å². The van der Waals surface area contributed by atoms with Gasteiger partial charge in [-0.25, -0.2) is 9.59 Å². The van der Waals surface area contributed by atoms with Crippen molar-refractivity contribution < 1.29 is 27.5 Å². The van der Waals surface area contributed by atoms with Crippen molar-refractivity contribution in [1.29, 1.82) is 0 Å². The van der Waals surface area contributed by atoms with Crippen molar-refractivity contribution in [3.8, 4) is 0 Å². The van der Waals surface area contributed by atoms with E-state index in [9.17, 15) is 22.8 Å². The molecule has 0 atom stereocenters. The maximum Gasteiger partial charge on any atom is 0.423 e. The smallest absolute Gasteiger partial charge is 0.386 e. The Labute approximate surface area is 64.8 Å². The fraction of sp³-hybridized carbons (Fsp3) is 0.333. The van der Waals surface area contributed by atoms with Crippen LogP contribution in [0.4, 0.5) is 13.2 Å². The lowest BCUT2D eigenvalue weighted by molar-refractivity contribution is -0.155. The van der Waals surface area contributed by atoms with Crippen molar-refractivity contribution in [2.45, 2.75) is 13.1 Å². The summed E-state index contributed by atoms with van der Waals surface area (Å²) < 4.78 is 39.5. The van der Waals surface area contributed by atoms with Gasteiger partial charge in [0.15, 0.2) is 5.57 Å². The second-order valence-corrected chi connectivity index (χ2v) is 2.17. The first-order valence-corrected chi connectivity index (χ1v) is 2.88. The summed E-state index contributed by atoms with van der Waals surface area (Å²) in [4.78, 5) is 20.9. The van der Waals surface area contributed by atoms with Crippen LogP contribution in [0.3, 0.4) is 0 Å². The number of carbonyl (C=O) groups is 2. The number of cyclic esters (lactones) is 2. The van der Waals surface area contributed by atoms with Crippen molar-refractivity contribution in [3.05, 3.63) is 11.1 Å². The molecule has 0 fully saturated rings. The monoisotopic (exact) mass is 180 g/mol. The van der Waals surface area contributed by atoms with Gasteiger partial charge in [-0.2, -0.15) is 13.2 Å². The Hall–Kier alpha value is -1.33. The molecule has 66 valence electrons. The molecule has 0 aromatic rings. The van der Waals surface area contributed by atoms with Crippen LogP contribution in [-0.2, 0) is 14.3 Å². The summed E-state index contributed by atoms with van der Waals surface area (Å²) in [5, 5.41) is 0. The molecule has 0 aliphatic carbocycles. The molecule has 0 aromatic heterocycles. The van der Waals surface area contributed by atoms with Crippen molar-refractivity contribution in [2.24, 2.45) is 0 Å². The van der Waals surface area contributed by atoms with Crippen LogP contribution in [0.5, 0.6) is 0 Å². The van der Waals surface area contributed by atoms with E-state index in [4.69, 9.17) is 0 Å². The Morgan fingerprint density at radius 3 is 1.83 bits per heavy atom. The molecule has 0 unspecified atom stereocenters. The largest absolute Gasteiger partial charge is 0.423 e. The highest BCUT2D eigenvalue weighted by atomic mass is 19.4. The number of hydrogen-bond acceptors (Lipinski definition) is 3. The summed E-state index contributed by atoms with van der Waals surface area (Å²) >= 11 is 0. The molecule has 1 aliphatic heterocycles. The second kappa shape index (κ2) is 2.33. The van der Waals surface area contributed by atoms with Crippen molar-refractivity contribution in [2.75, 3.05) is 0 Å².